The minimum Gasteiger partial charge on any atom is -0.326 e. The van der Waals surface area contributed by atoms with Crippen molar-refractivity contribution < 1.29 is 0 Å². The van der Waals surface area contributed by atoms with Gasteiger partial charge in [0.1, 0.15) is 0 Å². The van der Waals surface area contributed by atoms with E-state index in [1.54, 1.807) is 6.07 Å². The Morgan fingerprint density at radius 1 is 1.45 bits per heavy atom. The molecule has 0 bridgehead atoms. The van der Waals surface area contributed by atoms with Crippen LogP contribution in [0.4, 0.5) is 0 Å². The van der Waals surface area contributed by atoms with E-state index in [0.717, 1.165) is 29.0 Å². The van der Waals surface area contributed by atoms with Gasteiger partial charge in [-0.05, 0) is 24.1 Å². The normalized spacial score (nSPS) is 10.8. The molecule has 2 aromatic rings. The highest BCUT2D eigenvalue weighted by Gasteiger charge is 2.09. The molecule has 20 heavy (non-hydrogen) atoms. The first-order chi connectivity index (χ1) is 9.63. The number of hydrogen-bond donors (Lipinski definition) is 2. The molecule has 4 nitrogen and oxygen atoms in total. The van der Waals surface area contributed by atoms with Gasteiger partial charge in [0, 0.05) is 28.2 Å². The number of aryl methyl sites for hydroxylation is 1. The Bertz CT molecular complexity index is 657. The van der Waals surface area contributed by atoms with Crippen LogP contribution < -0.4 is 11.3 Å². The number of H-pyrrole nitrogens is 1. The molecular formula is C14H16ClN3OS. The molecule has 0 radical (unpaired) electrons. The number of hydrogen-bond acceptors (Lipinski definition) is 4. The lowest BCUT2D eigenvalue weighted by atomic mass is 10.2. The van der Waals surface area contributed by atoms with Crippen LogP contribution in [0.15, 0.2) is 39.1 Å². The molecule has 0 fully saturated rings. The topological polar surface area (TPSA) is 71.8 Å². The summed E-state index contributed by atoms with van der Waals surface area (Å²) in [7, 11) is 0. The number of nitrogens with zero attached hydrogens (tertiary/aromatic N) is 1. The number of halogens is 1. The van der Waals surface area contributed by atoms with Gasteiger partial charge < -0.3 is 10.7 Å². The Morgan fingerprint density at radius 2 is 2.25 bits per heavy atom. The molecule has 0 saturated carbocycles. The summed E-state index contributed by atoms with van der Waals surface area (Å²) in [4.78, 5) is 19.7. The van der Waals surface area contributed by atoms with Gasteiger partial charge in [-0.1, -0.05) is 42.8 Å². The zero-order chi connectivity index (χ0) is 14.5. The number of rotatable bonds is 5. The van der Waals surface area contributed by atoms with E-state index in [1.807, 2.05) is 12.1 Å². The molecule has 0 aliphatic heterocycles. The van der Waals surface area contributed by atoms with Gasteiger partial charge in [-0.15, -0.1) is 0 Å². The predicted molar refractivity (Wildman–Crippen MR) is 82.3 cm³/mol. The lowest BCUT2D eigenvalue weighted by molar-refractivity contribution is 0.815. The number of nitrogens with one attached hydrogen (secondary N) is 1. The van der Waals surface area contributed by atoms with Crippen LogP contribution in [-0.2, 0) is 13.0 Å². The van der Waals surface area contributed by atoms with Gasteiger partial charge >= 0.3 is 0 Å². The summed E-state index contributed by atoms with van der Waals surface area (Å²) >= 11 is 7.50. The summed E-state index contributed by atoms with van der Waals surface area (Å²) in [5.41, 5.74) is 7.25. The lowest BCUT2D eigenvalue weighted by Gasteiger charge is -2.09. The molecule has 0 amide bonds. The second-order valence-electron chi connectivity index (χ2n) is 4.31. The highest BCUT2D eigenvalue weighted by molar-refractivity contribution is 7.99. The lowest BCUT2D eigenvalue weighted by Crippen LogP contribution is -2.10. The Labute approximate surface area is 126 Å². The molecule has 3 N–H and O–H groups in total. The van der Waals surface area contributed by atoms with Gasteiger partial charge in [0.25, 0.3) is 5.56 Å². The van der Waals surface area contributed by atoms with Crippen molar-refractivity contribution in [1.29, 1.82) is 0 Å². The highest BCUT2D eigenvalue weighted by Crippen LogP contribution is 2.31. The summed E-state index contributed by atoms with van der Waals surface area (Å²) < 4.78 is 0. The van der Waals surface area contributed by atoms with Crippen molar-refractivity contribution in [3.63, 3.8) is 0 Å². The monoisotopic (exact) mass is 309 g/mol. The zero-order valence-electron chi connectivity index (χ0n) is 11.1. The van der Waals surface area contributed by atoms with E-state index in [0.29, 0.717) is 16.7 Å². The molecule has 6 heteroatoms. The maximum absolute atomic E-state index is 11.6. The molecule has 106 valence electrons. The van der Waals surface area contributed by atoms with Crippen molar-refractivity contribution in [3.05, 3.63) is 50.9 Å². The fourth-order valence-electron chi connectivity index (χ4n) is 1.85. The largest absolute Gasteiger partial charge is 0.326 e. The third-order valence-electron chi connectivity index (χ3n) is 2.77. The molecule has 0 aliphatic rings. The molecule has 0 saturated heterocycles. The number of aromatic amines is 1. The van der Waals surface area contributed by atoms with Gasteiger partial charge in [-0.3, -0.25) is 4.79 Å². The highest BCUT2D eigenvalue weighted by atomic mass is 35.5. The van der Waals surface area contributed by atoms with Gasteiger partial charge in [-0.2, -0.15) is 0 Å². The predicted octanol–water partition coefficient (Wildman–Crippen LogP) is 2.99. The van der Waals surface area contributed by atoms with Crippen molar-refractivity contribution in [2.45, 2.75) is 36.4 Å². The van der Waals surface area contributed by atoms with E-state index in [2.05, 4.69) is 16.9 Å². The van der Waals surface area contributed by atoms with Crippen LogP contribution in [0.5, 0.6) is 0 Å². The number of nitrogens with two attached hydrogens (primary N) is 1. The smallest absolute Gasteiger partial charge is 0.251 e. The van der Waals surface area contributed by atoms with E-state index in [9.17, 15) is 4.79 Å². The number of benzene rings is 1. The van der Waals surface area contributed by atoms with E-state index in [4.69, 9.17) is 17.3 Å². The molecule has 1 heterocycles. The van der Waals surface area contributed by atoms with E-state index in [1.165, 1.54) is 17.8 Å². The van der Waals surface area contributed by atoms with Crippen LogP contribution in [-0.4, -0.2) is 9.97 Å². The second-order valence-corrected chi connectivity index (χ2v) is 5.75. The summed E-state index contributed by atoms with van der Waals surface area (Å²) in [6.07, 6.45) is 1.74. The summed E-state index contributed by atoms with van der Waals surface area (Å²) in [6, 6.07) is 7.12. The van der Waals surface area contributed by atoms with Gasteiger partial charge in [-0.25, -0.2) is 4.98 Å². The van der Waals surface area contributed by atoms with Crippen LogP contribution in [0.1, 0.15) is 24.6 Å². The second kappa shape index (κ2) is 6.92. The van der Waals surface area contributed by atoms with Gasteiger partial charge in [0.15, 0.2) is 5.16 Å². The fraction of sp³-hybridized carbons (Fsp3) is 0.286. The maximum atomic E-state index is 11.6. The average molecular weight is 310 g/mol. The van der Waals surface area contributed by atoms with Crippen molar-refractivity contribution in [1.82, 2.24) is 9.97 Å². The molecule has 0 aliphatic carbocycles. The standard InChI is InChI=1S/C14H16ClN3OS/c1-2-4-9-7-13(19)18-14(17-9)20-12-6-3-5-11(15)10(12)8-16/h3,5-7H,2,4,8,16H2,1H3,(H,17,18,19). The first kappa shape index (κ1) is 15.1. The van der Waals surface area contributed by atoms with Crippen LogP contribution >= 0.6 is 23.4 Å². The Morgan fingerprint density at radius 3 is 2.95 bits per heavy atom. The minimum absolute atomic E-state index is 0.137. The van der Waals surface area contributed by atoms with Crippen molar-refractivity contribution in [2.75, 3.05) is 0 Å². The summed E-state index contributed by atoms with van der Waals surface area (Å²) in [6.45, 7) is 2.40. The Kier molecular flexibility index (Phi) is 5.23. The van der Waals surface area contributed by atoms with Crippen LogP contribution in [0, 0.1) is 0 Å². The van der Waals surface area contributed by atoms with Gasteiger partial charge in [0.05, 0.1) is 0 Å². The Hall–Kier alpha value is -1.30. The van der Waals surface area contributed by atoms with Gasteiger partial charge in [0.2, 0.25) is 0 Å². The molecule has 0 unspecified atom stereocenters. The molecule has 0 spiro atoms. The van der Waals surface area contributed by atoms with Crippen LogP contribution in [0.3, 0.4) is 0 Å². The first-order valence-corrected chi connectivity index (χ1v) is 7.59. The van der Waals surface area contributed by atoms with Crippen molar-refractivity contribution in [2.24, 2.45) is 5.73 Å². The van der Waals surface area contributed by atoms with Crippen LogP contribution in [0.2, 0.25) is 5.02 Å². The first-order valence-electron chi connectivity index (χ1n) is 6.39. The Balaban J connectivity index is 2.35. The molecule has 2 rings (SSSR count). The molecular weight excluding hydrogens is 294 g/mol. The van der Waals surface area contributed by atoms with E-state index >= 15 is 0 Å². The molecule has 1 aromatic heterocycles. The quantitative estimate of drug-likeness (QED) is 0.833. The zero-order valence-corrected chi connectivity index (χ0v) is 12.7. The van der Waals surface area contributed by atoms with Crippen LogP contribution in [0.25, 0.3) is 0 Å². The minimum atomic E-state index is -0.137. The van der Waals surface area contributed by atoms with Crippen molar-refractivity contribution in [3.8, 4) is 0 Å². The summed E-state index contributed by atoms with van der Waals surface area (Å²) in [5.74, 6) is 0. The maximum Gasteiger partial charge on any atom is 0.251 e. The van der Waals surface area contributed by atoms with E-state index in [-0.39, 0.29) is 5.56 Å². The molecule has 1 aromatic carbocycles. The summed E-state index contributed by atoms with van der Waals surface area (Å²) in [5, 5.41) is 1.20. The average Bonchev–Trinajstić information content (AvgIpc) is 2.38. The van der Waals surface area contributed by atoms with E-state index < -0.39 is 0 Å². The fourth-order valence-corrected chi connectivity index (χ4v) is 3.15. The third kappa shape index (κ3) is 3.62. The van der Waals surface area contributed by atoms with Crippen molar-refractivity contribution >= 4 is 23.4 Å². The third-order valence-corrected chi connectivity index (χ3v) is 4.11. The molecule has 0 atom stereocenters. The number of aromatic nitrogens is 2. The SMILES string of the molecule is CCCc1cc(=O)[nH]c(Sc2cccc(Cl)c2CN)n1.